The van der Waals surface area contributed by atoms with E-state index in [1.165, 1.54) is 16.8 Å². The predicted octanol–water partition coefficient (Wildman–Crippen LogP) is 5.99. The Morgan fingerprint density at radius 3 is 2.51 bits per heavy atom. The minimum atomic E-state index is -4.66. The fourth-order valence-corrected chi connectivity index (χ4v) is 8.87. The van der Waals surface area contributed by atoms with Crippen molar-refractivity contribution >= 4 is 57.1 Å². The number of hydrogen-bond acceptors (Lipinski definition) is 8. The second kappa shape index (κ2) is 14.5. The Morgan fingerprint density at radius 1 is 1.02 bits per heavy atom. The second-order valence-corrected chi connectivity index (χ2v) is 15.3. The minimum absolute atomic E-state index is 0.154. The van der Waals surface area contributed by atoms with Crippen LogP contribution in [0.4, 0.5) is 19.0 Å². The molecular formula is C38H39ClF3N9O4. The molecule has 0 spiro atoms. The van der Waals surface area contributed by atoms with E-state index in [-0.39, 0.29) is 47.9 Å². The molecule has 1 atom stereocenters. The third-order valence-corrected chi connectivity index (χ3v) is 11.7. The molecule has 1 saturated carbocycles. The summed E-state index contributed by atoms with van der Waals surface area (Å²) in [7, 11) is 1.71. The molecule has 6 heterocycles. The van der Waals surface area contributed by atoms with Crippen LogP contribution in [0.15, 0.2) is 53.6 Å². The fourth-order valence-electron chi connectivity index (χ4n) is 8.56. The first-order chi connectivity index (χ1) is 26.3. The zero-order valence-corrected chi connectivity index (χ0v) is 30.7. The molecule has 288 valence electrons. The van der Waals surface area contributed by atoms with Crippen molar-refractivity contribution in [2.45, 2.75) is 75.5 Å². The summed E-state index contributed by atoms with van der Waals surface area (Å²) < 4.78 is 44.3. The Kier molecular flexibility index (Phi) is 9.74. The van der Waals surface area contributed by atoms with E-state index in [0.717, 1.165) is 86.8 Å². The summed E-state index contributed by atoms with van der Waals surface area (Å²) in [5.41, 5.74) is 1.19. The zero-order chi connectivity index (χ0) is 38.6. The van der Waals surface area contributed by atoms with Crippen LogP contribution in [0.25, 0.3) is 21.9 Å². The average Bonchev–Trinajstić information content (AvgIpc) is 3.70. The van der Waals surface area contributed by atoms with Crippen LogP contribution in [-0.2, 0) is 22.8 Å². The Balaban J connectivity index is 0.868. The van der Waals surface area contributed by atoms with E-state index >= 15 is 0 Å². The maximum absolute atomic E-state index is 13.5. The maximum Gasteiger partial charge on any atom is 0.433 e. The van der Waals surface area contributed by atoms with Gasteiger partial charge in [-0.2, -0.15) is 18.3 Å². The Labute approximate surface area is 317 Å². The quantitative estimate of drug-likeness (QED) is 0.192. The van der Waals surface area contributed by atoms with Gasteiger partial charge in [0, 0.05) is 36.6 Å². The highest BCUT2D eigenvalue weighted by Gasteiger charge is 2.35. The Bertz CT molecular complexity index is 2370. The zero-order valence-electron chi connectivity index (χ0n) is 30.0. The SMILES string of the molecule is Cn1c(=O)n(C2CCC(=O)NC2=O)c2ccc(Cl)c(C3CCN(CC4CCC(n5cc6cc(NC(=O)c7cccc(C(F)(F)F)n7)ncc6n5)CC4)CC3)c21. The number of benzene rings is 1. The highest BCUT2D eigenvalue weighted by molar-refractivity contribution is 6.32. The van der Waals surface area contributed by atoms with Gasteiger partial charge in [0.25, 0.3) is 5.91 Å². The summed E-state index contributed by atoms with van der Waals surface area (Å²) in [6, 6.07) is 7.89. The number of aryl methyl sites for hydroxylation is 1. The number of piperidine rings is 2. The van der Waals surface area contributed by atoms with Gasteiger partial charge >= 0.3 is 11.9 Å². The molecule has 3 fully saturated rings. The third kappa shape index (κ3) is 7.24. The van der Waals surface area contributed by atoms with E-state index in [4.69, 9.17) is 16.7 Å². The lowest BCUT2D eigenvalue weighted by Gasteiger charge is -2.37. The molecule has 13 nitrogen and oxygen atoms in total. The number of pyridine rings is 2. The van der Waals surface area contributed by atoms with Crippen molar-refractivity contribution < 1.29 is 27.6 Å². The molecule has 8 rings (SSSR count). The van der Waals surface area contributed by atoms with Gasteiger partial charge in [0.05, 0.1) is 23.3 Å². The van der Waals surface area contributed by atoms with Gasteiger partial charge in [-0.25, -0.2) is 14.8 Å². The van der Waals surface area contributed by atoms with Gasteiger partial charge in [0.2, 0.25) is 11.8 Å². The molecule has 5 aromatic rings. The van der Waals surface area contributed by atoms with E-state index < -0.39 is 29.7 Å². The average molecular weight is 778 g/mol. The number of nitrogens with one attached hydrogen (secondary N) is 2. The van der Waals surface area contributed by atoms with E-state index in [9.17, 15) is 32.3 Å². The van der Waals surface area contributed by atoms with Crippen molar-refractivity contribution in [2.75, 3.05) is 25.0 Å². The number of aromatic nitrogens is 6. The highest BCUT2D eigenvalue weighted by atomic mass is 35.5. The number of anilines is 1. The van der Waals surface area contributed by atoms with Crippen LogP contribution in [0.2, 0.25) is 5.02 Å². The number of alkyl halides is 3. The van der Waals surface area contributed by atoms with Gasteiger partial charge in [-0.05, 0) is 106 Å². The smallest absolute Gasteiger partial charge is 0.305 e. The topological polar surface area (TPSA) is 149 Å². The molecular weight excluding hydrogens is 739 g/mol. The van der Waals surface area contributed by atoms with Gasteiger partial charge in [-0.1, -0.05) is 17.7 Å². The first-order valence-corrected chi connectivity index (χ1v) is 18.9. The molecule has 1 aliphatic carbocycles. The molecule has 1 aromatic carbocycles. The van der Waals surface area contributed by atoms with Crippen molar-refractivity contribution in [1.29, 1.82) is 0 Å². The number of imide groups is 1. The molecule has 2 aliphatic heterocycles. The molecule has 0 radical (unpaired) electrons. The van der Waals surface area contributed by atoms with Gasteiger partial charge in [0.1, 0.15) is 28.8 Å². The first kappa shape index (κ1) is 36.9. The van der Waals surface area contributed by atoms with Crippen LogP contribution < -0.4 is 16.3 Å². The van der Waals surface area contributed by atoms with Gasteiger partial charge in [-0.3, -0.25) is 33.5 Å². The summed E-state index contributed by atoms with van der Waals surface area (Å²) in [6.45, 7) is 2.80. The van der Waals surface area contributed by atoms with Crippen LogP contribution in [0, 0.1) is 5.92 Å². The van der Waals surface area contributed by atoms with E-state index in [0.29, 0.717) is 22.0 Å². The number of imidazole rings is 1. The lowest BCUT2D eigenvalue weighted by molar-refractivity contribution is -0.141. The van der Waals surface area contributed by atoms with Gasteiger partial charge in [-0.15, -0.1) is 0 Å². The van der Waals surface area contributed by atoms with E-state index in [1.807, 2.05) is 16.9 Å². The van der Waals surface area contributed by atoms with Crippen LogP contribution in [0.5, 0.6) is 0 Å². The van der Waals surface area contributed by atoms with Crippen LogP contribution in [-0.4, -0.2) is 71.1 Å². The monoisotopic (exact) mass is 777 g/mol. The fraction of sp³-hybridized carbons (Fsp3) is 0.447. The number of carbonyl (C=O) groups is 3. The number of rotatable bonds is 7. The summed E-state index contributed by atoms with van der Waals surface area (Å²) in [5, 5.41) is 11.0. The maximum atomic E-state index is 13.5. The van der Waals surface area contributed by atoms with Crippen molar-refractivity contribution in [2.24, 2.45) is 13.0 Å². The Hall–Kier alpha value is -5.09. The lowest BCUT2D eigenvalue weighted by atomic mass is 9.84. The molecule has 3 aliphatic rings. The summed E-state index contributed by atoms with van der Waals surface area (Å²) in [5.74, 6) is -0.691. The highest BCUT2D eigenvalue weighted by Crippen LogP contribution is 2.40. The summed E-state index contributed by atoms with van der Waals surface area (Å²) in [4.78, 5) is 60.8. The van der Waals surface area contributed by atoms with Crippen LogP contribution >= 0.6 is 11.6 Å². The molecule has 1 unspecified atom stereocenters. The number of halogens is 4. The van der Waals surface area contributed by atoms with E-state index in [1.54, 1.807) is 23.7 Å². The van der Waals surface area contributed by atoms with Crippen molar-refractivity contribution in [1.82, 2.24) is 39.1 Å². The van der Waals surface area contributed by atoms with Gasteiger partial charge in [0.15, 0.2) is 0 Å². The molecule has 4 aromatic heterocycles. The predicted molar refractivity (Wildman–Crippen MR) is 198 cm³/mol. The van der Waals surface area contributed by atoms with Crippen LogP contribution in [0.3, 0.4) is 0 Å². The summed E-state index contributed by atoms with van der Waals surface area (Å²) in [6.07, 6.45) is 5.05. The number of carbonyl (C=O) groups excluding carboxylic acids is 3. The largest absolute Gasteiger partial charge is 0.433 e. The second-order valence-electron chi connectivity index (χ2n) is 14.9. The molecule has 55 heavy (non-hydrogen) atoms. The van der Waals surface area contributed by atoms with Crippen molar-refractivity contribution in [3.63, 3.8) is 0 Å². The summed E-state index contributed by atoms with van der Waals surface area (Å²) >= 11 is 6.83. The molecule has 2 saturated heterocycles. The normalized spacial score (nSPS) is 21.7. The Morgan fingerprint density at radius 2 is 1.78 bits per heavy atom. The van der Waals surface area contributed by atoms with E-state index in [2.05, 4.69) is 25.5 Å². The number of nitrogens with zero attached hydrogens (tertiary/aromatic N) is 7. The number of hydrogen-bond donors (Lipinski definition) is 2. The standard InChI is InChI=1S/C38H39ClF3N9O4/c1-48-34-28(51(37(48)55)29-11-12-32(52)46-36(29)54)10-9-25(39)33(34)22-13-15-49(16-14-22)19-21-5-7-24(8-6-21)50-20-23-17-31(43-18-27(23)47-50)45-35(53)26-3-2-4-30(44-26)38(40,41)42/h2-4,9-10,17-18,20-22,24,29H,5-8,11-16,19H2,1H3,(H,45,53)(H,46,52,54). The van der Waals surface area contributed by atoms with Crippen LogP contribution in [0.1, 0.15) is 91.1 Å². The number of fused-ring (bicyclic) bond motifs is 2. The van der Waals surface area contributed by atoms with Gasteiger partial charge < -0.3 is 10.2 Å². The first-order valence-electron chi connectivity index (χ1n) is 18.5. The lowest BCUT2D eigenvalue weighted by Crippen LogP contribution is -2.44. The number of likely N-dealkylation sites (tertiary alicyclic amines) is 1. The van der Waals surface area contributed by atoms with Crippen molar-refractivity contribution in [3.8, 4) is 0 Å². The minimum Gasteiger partial charge on any atom is -0.305 e. The molecule has 0 bridgehead atoms. The third-order valence-electron chi connectivity index (χ3n) is 11.4. The molecule has 17 heteroatoms. The number of amides is 3. The molecule has 2 N–H and O–H groups in total. The van der Waals surface area contributed by atoms with Crippen molar-refractivity contribution in [3.05, 3.63) is 81.3 Å². The molecule has 3 amide bonds.